The lowest BCUT2D eigenvalue weighted by Gasteiger charge is -2.09. The molecule has 1 aromatic heterocycles. The van der Waals surface area contributed by atoms with Crippen LogP contribution in [0.15, 0.2) is 41.6 Å². The van der Waals surface area contributed by atoms with Crippen molar-refractivity contribution in [2.24, 2.45) is 0 Å². The molecule has 3 aromatic rings. The van der Waals surface area contributed by atoms with E-state index in [0.717, 1.165) is 5.56 Å². The Morgan fingerprint density at radius 2 is 1.86 bits per heavy atom. The first-order valence-electron chi connectivity index (χ1n) is 8.59. The molecule has 148 valence electrons. The van der Waals surface area contributed by atoms with Crippen molar-refractivity contribution in [3.63, 3.8) is 0 Å². The predicted octanol–water partition coefficient (Wildman–Crippen LogP) is 2.28. The van der Waals surface area contributed by atoms with Crippen molar-refractivity contribution in [3.8, 4) is 17.2 Å². The molecule has 1 aliphatic rings. The van der Waals surface area contributed by atoms with Crippen LogP contribution in [0.5, 0.6) is 11.5 Å². The molecule has 29 heavy (non-hydrogen) atoms. The maximum Gasteiger partial charge on any atom is 0.335 e. The molecule has 0 saturated heterocycles. The van der Waals surface area contributed by atoms with Gasteiger partial charge in [0.25, 0.3) is 0 Å². The minimum atomic E-state index is -1.01. The van der Waals surface area contributed by atoms with Crippen molar-refractivity contribution < 1.29 is 24.2 Å². The standard InChI is InChI=1S/C19H16N4O5S/c1-27-14-7-11-8-16(17(24)13(11)9-15(14)28-2)29-19-20-21-22-23(19)12-5-3-10(4-6-12)18(25)26/h3-7,9,16H,8H2,1-2H3,(H,25,26)/t16-/m0/s1. The van der Waals surface area contributed by atoms with Gasteiger partial charge in [0.05, 0.1) is 30.7 Å². The monoisotopic (exact) mass is 412 g/mol. The Morgan fingerprint density at radius 1 is 1.17 bits per heavy atom. The number of hydrogen-bond acceptors (Lipinski definition) is 8. The molecule has 0 amide bonds. The number of benzene rings is 2. The van der Waals surface area contributed by atoms with Gasteiger partial charge in [-0.2, -0.15) is 4.68 Å². The molecule has 0 aliphatic heterocycles. The number of aromatic carboxylic acids is 1. The zero-order chi connectivity index (χ0) is 20.5. The number of ketones is 1. The van der Waals surface area contributed by atoms with Crippen molar-refractivity contribution in [1.29, 1.82) is 0 Å². The average molecular weight is 412 g/mol. The zero-order valence-electron chi connectivity index (χ0n) is 15.5. The van der Waals surface area contributed by atoms with Gasteiger partial charge in [0.2, 0.25) is 5.16 Å². The van der Waals surface area contributed by atoms with E-state index in [2.05, 4.69) is 15.5 Å². The molecule has 0 unspecified atom stereocenters. The van der Waals surface area contributed by atoms with Crippen molar-refractivity contribution in [2.75, 3.05) is 14.2 Å². The van der Waals surface area contributed by atoms with E-state index in [1.807, 2.05) is 6.07 Å². The summed E-state index contributed by atoms with van der Waals surface area (Å²) in [5.41, 5.74) is 2.26. The Balaban J connectivity index is 1.59. The highest BCUT2D eigenvalue weighted by Gasteiger charge is 2.34. The molecule has 1 aliphatic carbocycles. The number of Topliss-reactive ketones (excluding diaryl/α,β-unsaturated/α-hetero) is 1. The number of fused-ring (bicyclic) bond motifs is 1. The molecule has 0 spiro atoms. The number of nitrogens with zero attached hydrogens (tertiary/aromatic N) is 4. The van der Waals surface area contributed by atoms with E-state index in [-0.39, 0.29) is 16.6 Å². The van der Waals surface area contributed by atoms with Crippen LogP contribution in [0.25, 0.3) is 5.69 Å². The van der Waals surface area contributed by atoms with E-state index >= 15 is 0 Å². The van der Waals surface area contributed by atoms with Gasteiger partial charge in [-0.05, 0) is 58.8 Å². The Kier molecular flexibility index (Phi) is 4.93. The summed E-state index contributed by atoms with van der Waals surface area (Å²) in [6.07, 6.45) is 0.518. The topological polar surface area (TPSA) is 116 Å². The molecule has 0 fully saturated rings. The van der Waals surface area contributed by atoms with E-state index in [4.69, 9.17) is 14.6 Å². The average Bonchev–Trinajstić information content (AvgIpc) is 3.31. The third-order valence-electron chi connectivity index (χ3n) is 4.62. The van der Waals surface area contributed by atoms with Gasteiger partial charge in [-0.3, -0.25) is 4.79 Å². The molecule has 0 saturated carbocycles. The summed E-state index contributed by atoms with van der Waals surface area (Å²) in [7, 11) is 3.08. The van der Waals surface area contributed by atoms with Crippen LogP contribution >= 0.6 is 11.8 Å². The molecule has 10 heteroatoms. The number of carbonyl (C=O) groups excluding carboxylic acids is 1. The summed E-state index contributed by atoms with van der Waals surface area (Å²) in [5.74, 6) is 0.0476. The normalized spacial score (nSPS) is 15.2. The van der Waals surface area contributed by atoms with Gasteiger partial charge in [0, 0.05) is 5.56 Å². The minimum absolute atomic E-state index is 0.0262. The van der Waals surface area contributed by atoms with Crippen LogP contribution in [0.3, 0.4) is 0 Å². The summed E-state index contributed by atoms with van der Waals surface area (Å²) in [6.45, 7) is 0. The SMILES string of the molecule is COc1cc2c(cc1OC)C(=O)[C@@H](Sc1nnnn1-c1ccc(C(=O)O)cc1)C2. The van der Waals surface area contributed by atoms with Crippen LogP contribution in [0.4, 0.5) is 0 Å². The van der Waals surface area contributed by atoms with E-state index < -0.39 is 5.97 Å². The maximum atomic E-state index is 12.9. The third-order valence-corrected chi connectivity index (χ3v) is 5.75. The van der Waals surface area contributed by atoms with E-state index in [1.54, 1.807) is 25.3 Å². The number of aromatic nitrogens is 4. The van der Waals surface area contributed by atoms with Crippen LogP contribution in [-0.2, 0) is 6.42 Å². The molecule has 1 heterocycles. The molecule has 0 radical (unpaired) electrons. The molecule has 1 atom stereocenters. The quantitative estimate of drug-likeness (QED) is 0.651. The first-order chi connectivity index (χ1) is 14.0. The number of carboxylic acid groups (broad SMARTS) is 1. The summed E-state index contributed by atoms with van der Waals surface area (Å²) < 4.78 is 12.1. The Bertz CT molecular complexity index is 1100. The fourth-order valence-corrected chi connectivity index (χ4v) is 4.24. The smallest absolute Gasteiger partial charge is 0.335 e. The number of methoxy groups -OCH3 is 2. The van der Waals surface area contributed by atoms with Crippen LogP contribution in [0.2, 0.25) is 0 Å². The van der Waals surface area contributed by atoms with Crippen LogP contribution in [0.1, 0.15) is 26.3 Å². The van der Waals surface area contributed by atoms with Gasteiger partial charge < -0.3 is 14.6 Å². The third kappa shape index (κ3) is 3.42. The second-order valence-corrected chi connectivity index (χ2v) is 7.43. The summed E-state index contributed by atoms with van der Waals surface area (Å²) in [5, 5.41) is 20.8. The molecular formula is C19H16N4O5S. The van der Waals surface area contributed by atoms with Crippen molar-refractivity contribution >= 4 is 23.5 Å². The predicted molar refractivity (Wildman–Crippen MR) is 103 cm³/mol. The molecule has 0 bridgehead atoms. The number of hydrogen-bond donors (Lipinski definition) is 1. The second kappa shape index (κ2) is 7.55. The van der Waals surface area contributed by atoms with Gasteiger partial charge >= 0.3 is 5.97 Å². The van der Waals surface area contributed by atoms with Gasteiger partial charge in [0.15, 0.2) is 17.3 Å². The van der Waals surface area contributed by atoms with Crippen molar-refractivity contribution in [3.05, 3.63) is 53.1 Å². The van der Waals surface area contributed by atoms with Crippen molar-refractivity contribution in [1.82, 2.24) is 20.2 Å². The van der Waals surface area contributed by atoms with Gasteiger partial charge in [-0.15, -0.1) is 5.10 Å². The van der Waals surface area contributed by atoms with Crippen LogP contribution in [0, 0.1) is 0 Å². The maximum absolute atomic E-state index is 12.9. The van der Waals surface area contributed by atoms with Crippen LogP contribution < -0.4 is 9.47 Å². The number of tetrazole rings is 1. The molecule has 2 aromatic carbocycles. The first-order valence-corrected chi connectivity index (χ1v) is 9.47. The Morgan fingerprint density at radius 3 is 2.52 bits per heavy atom. The molecule has 1 N–H and O–H groups in total. The Labute approximate surface area is 169 Å². The summed E-state index contributed by atoms with van der Waals surface area (Å²) in [4.78, 5) is 23.9. The van der Waals surface area contributed by atoms with E-state index in [0.29, 0.717) is 34.3 Å². The van der Waals surface area contributed by atoms with E-state index in [1.165, 1.54) is 35.7 Å². The van der Waals surface area contributed by atoms with Gasteiger partial charge in [-0.25, -0.2) is 4.79 Å². The van der Waals surface area contributed by atoms with Gasteiger partial charge in [0.1, 0.15) is 0 Å². The summed E-state index contributed by atoms with van der Waals surface area (Å²) >= 11 is 1.26. The fourth-order valence-electron chi connectivity index (χ4n) is 3.17. The highest BCUT2D eigenvalue weighted by Crippen LogP contribution is 2.39. The van der Waals surface area contributed by atoms with E-state index in [9.17, 15) is 9.59 Å². The lowest BCUT2D eigenvalue weighted by Crippen LogP contribution is -2.13. The Hall–Kier alpha value is -3.40. The molecule has 9 nitrogen and oxygen atoms in total. The molecular weight excluding hydrogens is 396 g/mol. The molecule has 4 rings (SSSR count). The lowest BCUT2D eigenvalue weighted by atomic mass is 10.1. The number of thioether (sulfide) groups is 1. The number of carbonyl (C=O) groups is 2. The second-order valence-electron chi connectivity index (χ2n) is 6.26. The number of rotatable bonds is 6. The first kappa shape index (κ1) is 18.9. The number of ether oxygens (including phenoxy) is 2. The fraction of sp³-hybridized carbons (Fsp3) is 0.211. The van der Waals surface area contributed by atoms with Crippen molar-refractivity contribution in [2.45, 2.75) is 16.8 Å². The highest BCUT2D eigenvalue weighted by molar-refractivity contribution is 8.00. The lowest BCUT2D eigenvalue weighted by molar-refractivity contribution is 0.0696. The zero-order valence-corrected chi connectivity index (χ0v) is 16.3. The summed E-state index contributed by atoms with van der Waals surface area (Å²) in [6, 6.07) is 9.70. The van der Waals surface area contributed by atoms with Gasteiger partial charge in [-0.1, -0.05) is 11.8 Å². The number of carboxylic acids is 1. The highest BCUT2D eigenvalue weighted by atomic mass is 32.2. The minimum Gasteiger partial charge on any atom is -0.493 e. The largest absolute Gasteiger partial charge is 0.493 e. The van der Waals surface area contributed by atoms with Crippen LogP contribution in [-0.4, -0.2) is 56.5 Å².